The Morgan fingerprint density at radius 2 is 1.46 bits per heavy atom. The highest BCUT2D eigenvalue weighted by Crippen LogP contribution is 2.47. The number of ether oxygens (including phenoxy) is 3. The van der Waals surface area contributed by atoms with Crippen LogP contribution in [0.1, 0.15) is 96.6 Å². The number of pyridine rings is 1. The Kier molecular flexibility index (Phi) is 15.8. The van der Waals surface area contributed by atoms with Gasteiger partial charge in [0.15, 0.2) is 0 Å². The molecule has 6 aliphatic rings. The van der Waals surface area contributed by atoms with Crippen molar-refractivity contribution in [2.75, 3.05) is 54.0 Å². The summed E-state index contributed by atoms with van der Waals surface area (Å²) in [5.74, 6) is -1.27. The van der Waals surface area contributed by atoms with Crippen LogP contribution in [0.5, 0.6) is 11.5 Å². The molecule has 0 spiro atoms. The molecule has 2 aliphatic carbocycles. The highest BCUT2D eigenvalue weighted by atomic mass is 32.1. The molecular weight excluding hydrogens is 945 g/mol. The predicted molar refractivity (Wildman–Crippen MR) is 268 cm³/mol. The number of aliphatic carboxylic acids is 1. The molecular formula is C52H68N8O11S. The molecule has 0 bridgehead atoms. The van der Waals surface area contributed by atoms with Crippen molar-refractivity contribution >= 4 is 58.1 Å². The van der Waals surface area contributed by atoms with Crippen LogP contribution in [0.25, 0.3) is 21.6 Å². The van der Waals surface area contributed by atoms with Crippen molar-refractivity contribution in [1.82, 2.24) is 40.2 Å². The summed E-state index contributed by atoms with van der Waals surface area (Å²) in [5, 5.41) is 29.3. The normalized spacial score (nSPS) is 29.7. The fourth-order valence-corrected chi connectivity index (χ4v) is 11.1. The number of thiazole rings is 1. The van der Waals surface area contributed by atoms with Crippen molar-refractivity contribution in [1.29, 1.82) is 0 Å². The van der Waals surface area contributed by atoms with Crippen molar-refractivity contribution in [3.05, 3.63) is 59.6 Å². The molecule has 8 atom stereocenters. The first-order valence-corrected chi connectivity index (χ1v) is 26.1. The first kappa shape index (κ1) is 52.1. The zero-order valence-corrected chi connectivity index (χ0v) is 42.8. The van der Waals surface area contributed by atoms with Crippen LogP contribution < -0.4 is 20.1 Å². The summed E-state index contributed by atoms with van der Waals surface area (Å²) in [6.45, 7) is 7.61. The molecule has 4 aliphatic heterocycles. The number of nitrogens with zero attached hydrogens (tertiary/aromatic N) is 6. The topological polar surface area (TPSA) is 233 Å². The number of fused-ring (bicyclic) bond motifs is 5. The highest BCUT2D eigenvalue weighted by Gasteiger charge is 2.63. The molecule has 19 nitrogen and oxygen atoms in total. The first-order valence-electron chi connectivity index (χ1n) is 25.2. The van der Waals surface area contributed by atoms with Gasteiger partial charge in [0.2, 0.25) is 11.8 Å². The van der Waals surface area contributed by atoms with Crippen LogP contribution in [0.3, 0.4) is 0 Å². The number of carbonyl (C=O) groups is 6. The van der Waals surface area contributed by atoms with Crippen molar-refractivity contribution in [3.63, 3.8) is 0 Å². The van der Waals surface area contributed by atoms with E-state index in [-0.39, 0.29) is 62.4 Å². The van der Waals surface area contributed by atoms with Gasteiger partial charge in [-0.25, -0.2) is 29.1 Å². The third-order valence-corrected chi connectivity index (χ3v) is 15.5. The lowest BCUT2D eigenvalue weighted by Gasteiger charge is -2.30. The maximum atomic E-state index is 13.7. The molecule has 388 valence electrons. The molecule has 9 rings (SSSR count). The number of aromatic nitrogens is 2. The van der Waals surface area contributed by atoms with Crippen molar-refractivity contribution in [3.8, 4) is 22.2 Å². The Labute approximate surface area is 423 Å². The third kappa shape index (κ3) is 11.0. The second-order valence-corrected chi connectivity index (χ2v) is 21.0. The minimum atomic E-state index is -1.35. The zero-order chi connectivity index (χ0) is 51.5. The number of methoxy groups -OCH3 is 1. The molecule has 4 N–H and O–H groups in total. The SMILES string of the molecule is CCOC(=O)[C@@]12C[C@H]1/C=C\CCCCN(C)C(=O)N1C[C@@H](O)C[C@H]1C(=O)N2.COc1ccc2c(O[C@@H]3C[C@H]4C(=O)N[C@]5(C(=O)O)C[C@H]5/C=C\CCCCN(C)C(=O)N4C3)cc(-c3nc(C(C)C)cs3)nc2c1. The summed E-state index contributed by atoms with van der Waals surface area (Å²) in [5.41, 5.74) is -0.0956. The van der Waals surface area contributed by atoms with E-state index in [1.54, 1.807) is 37.9 Å². The van der Waals surface area contributed by atoms with Gasteiger partial charge in [-0.3, -0.25) is 9.59 Å². The first-order chi connectivity index (χ1) is 34.5. The van der Waals surface area contributed by atoms with Crippen LogP contribution >= 0.6 is 11.3 Å². The maximum absolute atomic E-state index is 13.7. The molecule has 20 heteroatoms. The fraction of sp³-hybridized carbons (Fsp3) is 0.577. The lowest BCUT2D eigenvalue weighted by molar-refractivity contribution is -0.149. The fourth-order valence-electron chi connectivity index (χ4n) is 10.1. The number of rotatable bonds is 8. The Bertz CT molecular complexity index is 2600. The summed E-state index contributed by atoms with van der Waals surface area (Å²) in [6.07, 6.45) is 13.0. The Balaban J connectivity index is 0.000000219. The molecule has 2 saturated carbocycles. The highest BCUT2D eigenvalue weighted by molar-refractivity contribution is 7.13. The van der Waals surface area contributed by atoms with Gasteiger partial charge in [0.1, 0.15) is 51.5 Å². The smallest absolute Gasteiger partial charge is 0.332 e. The average Bonchev–Trinajstić information content (AvgIpc) is 3.92. The number of nitrogens with one attached hydrogen (secondary N) is 2. The lowest BCUT2D eigenvalue weighted by atomic mass is 10.1. The number of esters is 1. The van der Waals surface area contributed by atoms with E-state index in [1.165, 1.54) is 21.1 Å². The van der Waals surface area contributed by atoms with Crippen LogP contribution in [-0.2, 0) is 23.9 Å². The number of aliphatic hydroxyl groups excluding tert-OH is 1. The third-order valence-electron chi connectivity index (χ3n) is 14.6. The van der Waals surface area contributed by atoms with Gasteiger partial charge in [0.05, 0.1) is 37.6 Å². The summed E-state index contributed by atoms with van der Waals surface area (Å²) in [7, 11) is 5.04. The minimum Gasteiger partial charge on any atom is -0.497 e. The molecule has 3 aromatic rings. The van der Waals surface area contributed by atoms with E-state index >= 15 is 0 Å². The Hall–Kier alpha value is -6.28. The van der Waals surface area contributed by atoms with E-state index < -0.39 is 59.1 Å². The van der Waals surface area contributed by atoms with E-state index in [0.29, 0.717) is 48.6 Å². The number of carboxylic acid groups (broad SMARTS) is 1. The second kappa shape index (κ2) is 21.8. The predicted octanol–water partition coefficient (Wildman–Crippen LogP) is 5.71. The van der Waals surface area contributed by atoms with Gasteiger partial charge in [-0.05, 0) is 76.3 Å². The largest absolute Gasteiger partial charge is 0.497 e. The zero-order valence-electron chi connectivity index (χ0n) is 42.0. The maximum Gasteiger partial charge on any atom is 0.332 e. The van der Waals surface area contributed by atoms with Gasteiger partial charge >= 0.3 is 24.0 Å². The van der Waals surface area contributed by atoms with E-state index in [0.717, 1.165) is 54.6 Å². The summed E-state index contributed by atoms with van der Waals surface area (Å²) >= 11 is 1.51. The number of carbonyl (C=O) groups excluding carboxylic acids is 5. The lowest BCUT2D eigenvalue weighted by Crippen LogP contribution is -2.55. The summed E-state index contributed by atoms with van der Waals surface area (Å²) in [4.78, 5) is 93.8. The van der Waals surface area contributed by atoms with Gasteiger partial charge in [-0.1, -0.05) is 38.2 Å². The number of amides is 6. The Morgan fingerprint density at radius 1 is 0.847 bits per heavy atom. The molecule has 2 aromatic heterocycles. The van der Waals surface area contributed by atoms with E-state index in [9.17, 15) is 39.0 Å². The number of urea groups is 2. The number of hydrogen-bond donors (Lipinski definition) is 4. The number of allylic oxidation sites excluding steroid dienone is 2. The quantitative estimate of drug-likeness (QED) is 0.157. The van der Waals surface area contributed by atoms with E-state index in [4.69, 9.17) is 24.2 Å². The molecule has 2 saturated heterocycles. The summed E-state index contributed by atoms with van der Waals surface area (Å²) < 4.78 is 17.3. The second-order valence-electron chi connectivity index (χ2n) is 20.1. The van der Waals surface area contributed by atoms with Crippen molar-refractivity contribution in [2.45, 2.75) is 126 Å². The van der Waals surface area contributed by atoms with Crippen LogP contribution in [0.4, 0.5) is 9.59 Å². The average molecular weight is 1010 g/mol. The molecule has 6 amide bonds. The number of hydrogen-bond acceptors (Lipinski definition) is 13. The van der Waals surface area contributed by atoms with Gasteiger partial charge in [-0.15, -0.1) is 11.3 Å². The minimum absolute atomic E-state index is 0.0957. The van der Waals surface area contributed by atoms with Crippen LogP contribution in [0.15, 0.2) is 53.9 Å². The van der Waals surface area contributed by atoms with Crippen molar-refractivity contribution < 1.29 is 53.2 Å². The molecule has 0 unspecified atom stereocenters. The molecule has 1 aromatic carbocycles. The number of carboxylic acids is 1. The molecule has 0 radical (unpaired) electrons. The number of benzene rings is 1. The molecule has 72 heavy (non-hydrogen) atoms. The number of aliphatic hydroxyl groups is 1. The van der Waals surface area contributed by atoms with Gasteiger partial charge in [0, 0.05) is 81.3 Å². The van der Waals surface area contributed by atoms with Crippen molar-refractivity contribution in [2.24, 2.45) is 11.8 Å². The monoisotopic (exact) mass is 1010 g/mol. The van der Waals surface area contributed by atoms with Crippen LogP contribution in [0.2, 0.25) is 0 Å². The molecule has 6 heterocycles. The van der Waals surface area contributed by atoms with E-state index in [1.807, 2.05) is 53.9 Å². The molecule has 4 fully saturated rings. The Morgan fingerprint density at radius 3 is 2.07 bits per heavy atom. The van der Waals surface area contributed by atoms with Crippen LogP contribution in [0, 0.1) is 11.8 Å². The van der Waals surface area contributed by atoms with Gasteiger partial charge in [0.25, 0.3) is 0 Å². The van der Waals surface area contributed by atoms with Crippen LogP contribution in [-0.4, -0.2) is 165 Å². The van der Waals surface area contributed by atoms with Gasteiger partial charge in [-0.2, -0.15) is 0 Å². The van der Waals surface area contributed by atoms with E-state index in [2.05, 4.69) is 24.5 Å². The summed E-state index contributed by atoms with van der Waals surface area (Å²) in [6, 6.07) is 5.22. The van der Waals surface area contributed by atoms with Gasteiger partial charge < -0.3 is 54.7 Å². The standard InChI is InChI=1S/C33H39N5O6S.C19H29N3O5/c1-19(2)26-18-45-30(35-26)25-15-28(23-11-10-21(43-4)13-24(23)34-25)44-22-14-27-29(39)36-33(31(40)41)16-20(33)9-7-5-6-8-12-37(3)32(42)38(27)17-22;1-3-27-17(25)19-11-13(19)8-6-4-5-7-9-21(2)18(26)22-12-14(23)10-15(22)16(24)20-19/h7,9-11,13,15,18-20,22,27H,5-6,8,12,14,16-17H2,1-4H3,(H,36,39)(H,40,41);6,8,13-15,23H,3-5,7,9-12H2,1-2H3,(H,20,24)/b9-7-;8-6-/t20-,22-,27+,33-;13-,14+,15+,19-/m11/s1.